The molecule has 182 valence electrons. The number of carbonyl (C=O) groups is 2. The van der Waals surface area contributed by atoms with Crippen molar-refractivity contribution in [2.24, 2.45) is 0 Å². The molecule has 36 heavy (non-hydrogen) atoms. The van der Waals surface area contributed by atoms with Crippen molar-refractivity contribution in [3.8, 4) is 16.8 Å². The third-order valence-electron chi connectivity index (χ3n) is 6.54. The summed E-state index contributed by atoms with van der Waals surface area (Å²) < 4.78 is 20.4. The third-order valence-corrected chi connectivity index (χ3v) is 6.54. The van der Waals surface area contributed by atoms with Crippen LogP contribution in [-0.2, 0) is 16.0 Å². The van der Waals surface area contributed by atoms with Crippen molar-refractivity contribution in [1.29, 1.82) is 0 Å². The van der Waals surface area contributed by atoms with Gasteiger partial charge in [-0.25, -0.2) is 18.7 Å². The molecule has 1 aliphatic carbocycles. The lowest BCUT2D eigenvalue weighted by molar-refractivity contribution is -0.139. The Kier molecular flexibility index (Phi) is 6.25. The molecule has 8 heteroatoms. The average molecular weight is 486 g/mol. The van der Waals surface area contributed by atoms with Gasteiger partial charge in [-0.1, -0.05) is 48.5 Å². The van der Waals surface area contributed by atoms with Crippen LogP contribution in [0.1, 0.15) is 28.3 Å². The summed E-state index contributed by atoms with van der Waals surface area (Å²) in [5.41, 5.74) is 6.36. The lowest BCUT2D eigenvalue weighted by Gasteiger charge is -2.17. The van der Waals surface area contributed by atoms with Crippen LogP contribution in [-0.4, -0.2) is 39.6 Å². The summed E-state index contributed by atoms with van der Waals surface area (Å²) in [5, 5.41) is 16.5. The lowest BCUT2D eigenvalue weighted by Crippen LogP contribution is -2.43. The fraction of sp³-hybridized carbons (Fsp3) is 0.179. The number of benzene rings is 3. The molecule has 0 saturated heterocycles. The van der Waals surface area contributed by atoms with E-state index < -0.39 is 18.1 Å². The van der Waals surface area contributed by atoms with Crippen LogP contribution in [0.15, 0.2) is 79.0 Å². The number of rotatable bonds is 7. The van der Waals surface area contributed by atoms with Crippen molar-refractivity contribution in [3.05, 3.63) is 107 Å². The lowest BCUT2D eigenvalue weighted by atomic mass is 9.98. The van der Waals surface area contributed by atoms with Crippen molar-refractivity contribution in [2.45, 2.75) is 25.3 Å². The molecule has 1 aromatic heterocycles. The average Bonchev–Trinajstić information content (AvgIpc) is 3.40. The number of carboxylic acids is 1. The molecule has 0 fully saturated rings. The molecule has 7 nitrogen and oxygen atoms in total. The number of halogens is 1. The second kappa shape index (κ2) is 9.65. The van der Waals surface area contributed by atoms with Gasteiger partial charge in [0.1, 0.15) is 18.5 Å². The highest BCUT2D eigenvalue weighted by Gasteiger charge is 2.30. The van der Waals surface area contributed by atoms with E-state index in [1.54, 1.807) is 29.9 Å². The molecular weight excluding hydrogens is 461 g/mol. The Balaban J connectivity index is 1.26. The molecular formula is C28H24FN3O4. The summed E-state index contributed by atoms with van der Waals surface area (Å²) in [7, 11) is 0. The highest BCUT2D eigenvalue weighted by atomic mass is 19.1. The molecule has 2 N–H and O–H groups in total. The zero-order valence-electron chi connectivity index (χ0n) is 19.5. The topological polar surface area (TPSA) is 93.4 Å². The minimum absolute atomic E-state index is 0.0204. The first-order valence-corrected chi connectivity index (χ1v) is 11.6. The van der Waals surface area contributed by atoms with Crippen LogP contribution in [0.5, 0.6) is 0 Å². The molecule has 4 aromatic rings. The van der Waals surface area contributed by atoms with Crippen LogP contribution < -0.4 is 5.32 Å². The molecule has 1 heterocycles. The van der Waals surface area contributed by atoms with Gasteiger partial charge >= 0.3 is 12.1 Å². The van der Waals surface area contributed by atoms with Gasteiger partial charge in [0.25, 0.3) is 0 Å². The van der Waals surface area contributed by atoms with Crippen molar-refractivity contribution in [1.82, 2.24) is 15.1 Å². The van der Waals surface area contributed by atoms with Crippen LogP contribution in [0.3, 0.4) is 0 Å². The molecule has 0 aliphatic heterocycles. The van der Waals surface area contributed by atoms with Crippen LogP contribution in [0.25, 0.3) is 16.8 Å². The summed E-state index contributed by atoms with van der Waals surface area (Å²) >= 11 is 0. The van der Waals surface area contributed by atoms with E-state index in [9.17, 15) is 19.1 Å². The number of fused-ring (bicyclic) bond motifs is 3. The molecule has 0 bridgehead atoms. The van der Waals surface area contributed by atoms with Gasteiger partial charge in [0.05, 0.1) is 11.9 Å². The Bertz CT molecular complexity index is 1390. The number of amides is 1. The second-order valence-corrected chi connectivity index (χ2v) is 8.71. The van der Waals surface area contributed by atoms with Crippen LogP contribution in [0, 0.1) is 12.7 Å². The van der Waals surface area contributed by atoms with Crippen LogP contribution in [0.4, 0.5) is 9.18 Å². The molecule has 0 radical (unpaired) electrons. The van der Waals surface area contributed by atoms with E-state index in [1.807, 2.05) is 48.5 Å². The van der Waals surface area contributed by atoms with Gasteiger partial charge < -0.3 is 15.2 Å². The fourth-order valence-corrected chi connectivity index (χ4v) is 4.69. The van der Waals surface area contributed by atoms with Gasteiger partial charge in [-0.15, -0.1) is 0 Å². The highest BCUT2D eigenvalue weighted by molar-refractivity contribution is 5.81. The monoisotopic (exact) mass is 485 g/mol. The number of carbonyl (C=O) groups excluding carboxylic acids is 1. The van der Waals surface area contributed by atoms with Crippen molar-refractivity contribution in [2.75, 3.05) is 6.61 Å². The largest absolute Gasteiger partial charge is 0.480 e. The molecule has 1 aliphatic rings. The van der Waals surface area contributed by atoms with E-state index in [2.05, 4.69) is 10.4 Å². The maximum absolute atomic E-state index is 13.3. The van der Waals surface area contributed by atoms with Gasteiger partial charge in [0, 0.05) is 18.0 Å². The van der Waals surface area contributed by atoms with Gasteiger partial charge in [-0.3, -0.25) is 0 Å². The van der Waals surface area contributed by atoms with E-state index >= 15 is 0 Å². The van der Waals surface area contributed by atoms with Gasteiger partial charge in [-0.05, 0) is 59.0 Å². The highest BCUT2D eigenvalue weighted by Crippen LogP contribution is 2.44. The second-order valence-electron chi connectivity index (χ2n) is 8.71. The van der Waals surface area contributed by atoms with E-state index in [-0.39, 0.29) is 24.8 Å². The summed E-state index contributed by atoms with van der Waals surface area (Å²) in [6, 6.07) is 20.6. The number of nitrogens with one attached hydrogen (secondary N) is 1. The minimum atomic E-state index is -1.20. The summed E-state index contributed by atoms with van der Waals surface area (Å²) in [5.74, 6) is -1.66. The smallest absolute Gasteiger partial charge is 0.407 e. The predicted molar refractivity (Wildman–Crippen MR) is 132 cm³/mol. The van der Waals surface area contributed by atoms with E-state index in [1.165, 1.54) is 12.1 Å². The standard InChI is InChI=1S/C28H24FN3O4/c1-17-18(15-30-32(17)20-12-10-19(29)11-13-20)14-26(27(33)34)31-28(35)36-16-25-23-8-4-2-6-21(23)22-7-3-5-9-24(22)25/h2-13,15,25-26H,14,16H2,1H3,(H,31,35)(H,33,34). The van der Waals surface area contributed by atoms with Crippen molar-refractivity contribution in [3.63, 3.8) is 0 Å². The number of ether oxygens (including phenoxy) is 1. The Morgan fingerprint density at radius 1 is 1.03 bits per heavy atom. The third kappa shape index (κ3) is 4.45. The Morgan fingerprint density at radius 2 is 1.64 bits per heavy atom. The van der Waals surface area contributed by atoms with Gasteiger partial charge in [0.2, 0.25) is 0 Å². The number of aliphatic carboxylic acids is 1. The van der Waals surface area contributed by atoms with E-state index in [4.69, 9.17) is 4.74 Å². The van der Waals surface area contributed by atoms with Gasteiger partial charge in [0.15, 0.2) is 0 Å². The molecule has 3 aromatic carbocycles. The SMILES string of the molecule is Cc1c(CC(NC(=O)OCC2c3ccccc3-c3ccccc32)C(=O)O)cnn1-c1ccc(F)cc1. The summed E-state index contributed by atoms with van der Waals surface area (Å²) in [6.45, 7) is 1.88. The number of hydrogen-bond donors (Lipinski definition) is 2. The van der Waals surface area contributed by atoms with Crippen molar-refractivity contribution < 1.29 is 23.8 Å². The van der Waals surface area contributed by atoms with Crippen LogP contribution in [0.2, 0.25) is 0 Å². The van der Waals surface area contributed by atoms with Crippen molar-refractivity contribution >= 4 is 12.1 Å². The molecule has 0 saturated carbocycles. The van der Waals surface area contributed by atoms with E-state index in [0.29, 0.717) is 16.9 Å². The fourth-order valence-electron chi connectivity index (χ4n) is 4.69. The molecule has 1 unspecified atom stereocenters. The maximum atomic E-state index is 13.3. The minimum Gasteiger partial charge on any atom is -0.480 e. The number of aromatic nitrogens is 2. The molecule has 1 atom stereocenters. The number of carboxylic acid groups (broad SMARTS) is 1. The normalized spacial score (nSPS) is 13.1. The number of nitrogens with zero attached hydrogens (tertiary/aromatic N) is 2. The first-order chi connectivity index (χ1) is 17.4. The van der Waals surface area contributed by atoms with Gasteiger partial charge in [-0.2, -0.15) is 5.10 Å². The Morgan fingerprint density at radius 3 is 2.25 bits per heavy atom. The Labute approximate surface area is 207 Å². The van der Waals surface area contributed by atoms with Crippen LogP contribution >= 0.6 is 0 Å². The first kappa shape index (κ1) is 23.3. The first-order valence-electron chi connectivity index (χ1n) is 11.6. The molecule has 1 amide bonds. The Hall–Kier alpha value is -4.46. The number of hydrogen-bond acceptors (Lipinski definition) is 4. The summed E-state index contributed by atoms with van der Waals surface area (Å²) in [4.78, 5) is 24.5. The number of alkyl carbamates (subject to hydrolysis) is 1. The zero-order valence-corrected chi connectivity index (χ0v) is 19.5. The quantitative estimate of drug-likeness (QED) is 0.390. The summed E-state index contributed by atoms with van der Waals surface area (Å²) in [6.07, 6.45) is 0.772. The maximum Gasteiger partial charge on any atom is 0.407 e. The predicted octanol–water partition coefficient (Wildman–Crippen LogP) is 4.85. The van der Waals surface area contributed by atoms with E-state index in [0.717, 1.165) is 22.3 Å². The molecule has 0 spiro atoms. The molecule has 5 rings (SSSR count). The zero-order chi connectivity index (χ0) is 25.2.